The van der Waals surface area contributed by atoms with Gasteiger partial charge in [0.15, 0.2) is 0 Å². The van der Waals surface area contributed by atoms with Crippen LogP contribution in [0, 0.1) is 0 Å². The minimum Gasteiger partial charge on any atom is -0.475 e. The zero-order valence-corrected chi connectivity index (χ0v) is 12.8. The van der Waals surface area contributed by atoms with Gasteiger partial charge in [0.05, 0.1) is 18.7 Å². The summed E-state index contributed by atoms with van der Waals surface area (Å²) in [4.78, 5) is 14.3. The molecular formula is C10H13Cl3F3N3O2. The van der Waals surface area contributed by atoms with Crippen molar-refractivity contribution in [2.75, 3.05) is 19.7 Å². The van der Waals surface area contributed by atoms with Gasteiger partial charge in [-0.05, 0) is 6.07 Å². The molecule has 1 heterocycles. The molecule has 0 aliphatic rings. The number of hydrogen-bond acceptors (Lipinski definition) is 4. The maximum Gasteiger partial charge on any atom is 0.417 e. The Morgan fingerprint density at radius 1 is 1.43 bits per heavy atom. The van der Waals surface area contributed by atoms with Gasteiger partial charge in [-0.2, -0.15) is 13.2 Å². The Labute approximate surface area is 136 Å². The molecular weight excluding hydrogens is 357 g/mol. The van der Waals surface area contributed by atoms with Crippen molar-refractivity contribution in [1.82, 2.24) is 10.3 Å². The van der Waals surface area contributed by atoms with Gasteiger partial charge in [0.1, 0.15) is 11.6 Å². The number of halogens is 6. The molecule has 0 bridgehead atoms. The molecule has 11 heteroatoms. The highest BCUT2D eigenvalue weighted by molar-refractivity contribution is 6.31. The third-order valence-corrected chi connectivity index (χ3v) is 2.25. The van der Waals surface area contributed by atoms with Gasteiger partial charge < -0.3 is 15.8 Å². The van der Waals surface area contributed by atoms with E-state index >= 15 is 0 Å². The number of amides is 1. The summed E-state index contributed by atoms with van der Waals surface area (Å²) in [5, 5.41) is 2.17. The number of alkyl halides is 3. The predicted molar refractivity (Wildman–Crippen MR) is 76.3 cm³/mol. The lowest BCUT2D eigenvalue weighted by Gasteiger charge is -2.10. The summed E-state index contributed by atoms with van der Waals surface area (Å²) in [7, 11) is 0. The summed E-state index contributed by atoms with van der Waals surface area (Å²) < 4.78 is 42.0. The maximum atomic E-state index is 12.3. The molecule has 1 amide bonds. The zero-order valence-electron chi connectivity index (χ0n) is 10.4. The van der Waals surface area contributed by atoms with Crippen molar-refractivity contribution in [2.24, 2.45) is 5.73 Å². The van der Waals surface area contributed by atoms with Crippen LogP contribution in [0.5, 0.6) is 5.88 Å². The molecule has 122 valence electrons. The van der Waals surface area contributed by atoms with Gasteiger partial charge in [0.2, 0.25) is 11.8 Å². The van der Waals surface area contributed by atoms with E-state index in [2.05, 4.69) is 10.3 Å². The maximum absolute atomic E-state index is 12.3. The SMILES string of the molecule is Cl.Cl.NCC(=O)NCCOc1ncc(C(F)(F)F)cc1Cl. The first-order valence-electron chi connectivity index (χ1n) is 5.17. The smallest absolute Gasteiger partial charge is 0.417 e. The number of nitrogens with two attached hydrogens (primary N) is 1. The van der Waals surface area contributed by atoms with Gasteiger partial charge >= 0.3 is 6.18 Å². The number of hydrogen-bond donors (Lipinski definition) is 2. The largest absolute Gasteiger partial charge is 0.475 e. The molecule has 0 aliphatic heterocycles. The minimum absolute atomic E-state index is 0. The highest BCUT2D eigenvalue weighted by Gasteiger charge is 2.31. The van der Waals surface area contributed by atoms with E-state index in [9.17, 15) is 18.0 Å². The van der Waals surface area contributed by atoms with Crippen LogP contribution in [0.3, 0.4) is 0 Å². The molecule has 1 aromatic rings. The lowest BCUT2D eigenvalue weighted by molar-refractivity contribution is -0.137. The van der Waals surface area contributed by atoms with Crippen molar-refractivity contribution in [3.63, 3.8) is 0 Å². The summed E-state index contributed by atoms with van der Waals surface area (Å²) in [5.74, 6) is -0.494. The molecule has 0 aliphatic carbocycles. The van der Waals surface area contributed by atoms with Crippen molar-refractivity contribution in [3.05, 3.63) is 22.8 Å². The highest BCUT2D eigenvalue weighted by Crippen LogP contribution is 2.32. The minimum atomic E-state index is -4.51. The van der Waals surface area contributed by atoms with Crippen molar-refractivity contribution < 1.29 is 22.7 Å². The van der Waals surface area contributed by atoms with Crippen LogP contribution in [0.25, 0.3) is 0 Å². The molecule has 1 rings (SSSR count). The molecule has 1 aromatic heterocycles. The first kappa shape index (κ1) is 22.3. The Hall–Kier alpha value is -0.960. The second-order valence-electron chi connectivity index (χ2n) is 3.41. The second-order valence-corrected chi connectivity index (χ2v) is 3.82. The van der Waals surface area contributed by atoms with Crippen LogP contribution in [-0.2, 0) is 11.0 Å². The monoisotopic (exact) mass is 369 g/mol. The van der Waals surface area contributed by atoms with E-state index in [1.54, 1.807) is 0 Å². The van der Waals surface area contributed by atoms with E-state index in [1.165, 1.54) is 0 Å². The third-order valence-electron chi connectivity index (χ3n) is 1.98. The zero-order chi connectivity index (χ0) is 14.5. The van der Waals surface area contributed by atoms with E-state index in [0.29, 0.717) is 6.20 Å². The van der Waals surface area contributed by atoms with Gasteiger partial charge in [-0.1, -0.05) is 11.6 Å². The fourth-order valence-electron chi connectivity index (χ4n) is 1.10. The van der Waals surface area contributed by atoms with Crippen molar-refractivity contribution in [1.29, 1.82) is 0 Å². The normalized spacial score (nSPS) is 10.1. The molecule has 0 saturated carbocycles. The molecule has 3 N–H and O–H groups in total. The summed E-state index contributed by atoms with van der Waals surface area (Å²) in [6.45, 7) is 0.0121. The summed E-state index contributed by atoms with van der Waals surface area (Å²) in [6, 6.07) is 0.725. The second kappa shape index (κ2) is 9.88. The third kappa shape index (κ3) is 7.56. The number of rotatable bonds is 5. The summed E-state index contributed by atoms with van der Waals surface area (Å²) in [6.07, 6.45) is -3.88. The number of nitrogens with one attached hydrogen (secondary N) is 1. The molecule has 0 atom stereocenters. The van der Waals surface area contributed by atoms with E-state index in [0.717, 1.165) is 6.07 Å². The van der Waals surface area contributed by atoms with E-state index in [4.69, 9.17) is 22.1 Å². The van der Waals surface area contributed by atoms with Gasteiger partial charge in [-0.25, -0.2) is 4.98 Å². The van der Waals surface area contributed by atoms with Gasteiger partial charge in [0.25, 0.3) is 0 Å². The van der Waals surface area contributed by atoms with Crippen LogP contribution in [0.1, 0.15) is 5.56 Å². The van der Waals surface area contributed by atoms with Crippen LogP contribution >= 0.6 is 36.4 Å². The lowest BCUT2D eigenvalue weighted by Crippen LogP contribution is -2.33. The van der Waals surface area contributed by atoms with E-state index in [1.807, 2.05) is 0 Å². The Balaban J connectivity index is 0. The first-order chi connectivity index (χ1) is 8.84. The molecule has 0 unspecified atom stereocenters. The van der Waals surface area contributed by atoms with Crippen LogP contribution < -0.4 is 15.8 Å². The number of carbonyl (C=O) groups excluding carboxylic acids is 1. The van der Waals surface area contributed by atoms with Crippen molar-refractivity contribution in [2.45, 2.75) is 6.18 Å². The van der Waals surface area contributed by atoms with Crippen LogP contribution in [-0.4, -0.2) is 30.6 Å². The first-order valence-corrected chi connectivity index (χ1v) is 5.54. The van der Waals surface area contributed by atoms with Gasteiger partial charge in [-0.3, -0.25) is 4.79 Å². The predicted octanol–water partition coefficient (Wildman–Crippen LogP) is 2.05. The Kier molecular flexibility index (Phi) is 10.5. The number of carbonyl (C=O) groups is 1. The fourth-order valence-corrected chi connectivity index (χ4v) is 1.32. The number of aromatic nitrogens is 1. The Bertz CT molecular complexity index is 461. The average molecular weight is 371 g/mol. The number of ether oxygens (including phenoxy) is 1. The molecule has 0 radical (unpaired) electrons. The Morgan fingerprint density at radius 3 is 2.52 bits per heavy atom. The van der Waals surface area contributed by atoms with Crippen LogP contribution in [0.15, 0.2) is 12.3 Å². The lowest BCUT2D eigenvalue weighted by atomic mass is 10.3. The average Bonchev–Trinajstić information content (AvgIpc) is 2.34. The van der Waals surface area contributed by atoms with E-state index < -0.39 is 11.7 Å². The van der Waals surface area contributed by atoms with Crippen molar-refractivity contribution in [3.8, 4) is 5.88 Å². The molecule has 0 aromatic carbocycles. The van der Waals surface area contributed by atoms with Crippen LogP contribution in [0.2, 0.25) is 5.02 Å². The molecule has 0 saturated heterocycles. The molecule has 5 nitrogen and oxygen atoms in total. The molecule has 21 heavy (non-hydrogen) atoms. The van der Waals surface area contributed by atoms with Crippen LogP contribution in [0.4, 0.5) is 13.2 Å². The standard InChI is InChI=1S/C10H11ClF3N3O2.2ClH/c11-7-3-6(10(12,13)14)5-17-9(7)19-2-1-16-8(18)4-15;;/h3,5H,1-2,4,15H2,(H,16,18);2*1H. The van der Waals surface area contributed by atoms with Crippen molar-refractivity contribution >= 4 is 42.3 Å². The number of nitrogens with zero attached hydrogens (tertiary/aromatic N) is 1. The topological polar surface area (TPSA) is 77.2 Å². The fraction of sp³-hybridized carbons (Fsp3) is 0.400. The molecule has 0 spiro atoms. The summed E-state index contributed by atoms with van der Waals surface area (Å²) in [5.41, 5.74) is 4.10. The van der Waals surface area contributed by atoms with Gasteiger partial charge in [-0.15, -0.1) is 24.8 Å². The Morgan fingerprint density at radius 2 is 2.05 bits per heavy atom. The quantitative estimate of drug-likeness (QED) is 0.778. The number of pyridine rings is 1. The molecule has 0 fully saturated rings. The van der Waals surface area contributed by atoms with Gasteiger partial charge in [0, 0.05) is 6.20 Å². The summed E-state index contributed by atoms with van der Waals surface area (Å²) >= 11 is 5.61. The van der Waals surface area contributed by atoms with E-state index in [-0.39, 0.29) is 61.3 Å². The highest BCUT2D eigenvalue weighted by atomic mass is 35.5.